The van der Waals surface area contributed by atoms with Gasteiger partial charge in [-0.15, -0.1) is 0 Å². The highest BCUT2D eigenvalue weighted by atomic mass is 32.1. The van der Waals surface area contributed by atoms with Crippen molar-refractivity contribution in [1.29, 1.82) is 0 Å². The van der Waals surface area contributed by atoms with E-state index in [4.69, 9.17) is 17.0 Å². The molecular formula is C22H26N4O2S. The lowest BCUT2D eigenvalue weighted by molar-refractivity contribution is -0.118. The van der Waals surface area contributed by atoms with Gasteiger partial charge in [0.1, 0.15) is 11.7 Å². The molecule has 1 amide bonds. The number of para-hydroxylation sites is 2. The molecule has 152 valence electrons. The number of nitrogens with one attached hydrogen (secondary N) is 2. The van der Waals surface area contributed by atoms with E-state index in [9.17, 15) is 4.79 Å². The molecule has 1 aliphatic rings. The average Bonchev–Trinajstić information content (AvgIpc) is 2.69. The Balaban J connectivity index is 1.90. The average molecular weight is 411 g/mol. The number of benzene rings is 2. The number of thiocarbonyl (C=S) groups is 1. The molecule has 0 saturated heterocycles. The normalized spacial score (nSPS) is 18.5. The van der Waals surface area contributed by atoms with Crippen LogP contribution in [0, 0.1) is 5.92 Å². The minimum atomic E-state index is -0.499. The number of nitrogens with zero attached hydrogens (tertiary/aromatic N) is 2. The van der Waals surface area contributed by atoms with E-state index in [1.54, 1.807) is 0 Å². The second-order valence-electron chi connectivity index (χ2n) is 7.06. The lowest BCUT2D eigenvalue weighted by Crippen LogP contribution is -2.45. The lowest BCUT2D eigenvalue weighted by Gasteiger charge is -2.32. The largest absolute Gasteiger partial charge is 0.492 e. The Hall–Kier alpha value is -2.93. The maximum absolute atomic E-state index is 13.3. The highest BCUT2D eigenvalue weighted by Crippen LogP contribution is 2.31. The zero-order valence-corrected chi connectivity index (χ0v) is 17.9. The second-order valence-corrected chi connectivity index (χ2v) is 7.45. The quantitative estimate of drug-likeness (QED) is 0.709. The smallest absolute Gasteiger partial charge is 0.235 e. The monoisotopic (exact) mass is 410 g/mol. The molecule has 0 spiro atoms. The van der Waals surface area contributed by atoms with Gasteiger partial charge in [-0.05, 0) is 55.9 Å². The van der Waals surface area contributed by atoms with Gasteiger partial charge in [0.25, 0.3) is 0 Å². The third kappa shape index (κ3) is 4.74. The van der Waals surface area contributed by atoms with E-state index in [1.165, 1.54) is 0 Å². The molecule has 6 nitrogen and oxygen atoms in total. The third-order valence-corrected chi connectivity index (χ3v) is 5.05. The molecule has 2 N–H and O–H groups in total. The Labute approximate surface area is 177 Å². The number of hydrogen-bond acceptors (Lipinski definition) is 4. The van der Waals surface area contributed by atoms with Gasteiger partial charge in [-0.25, -0.2) is 4.99 Å². The number of hydrogen-bond donors (Lipinski definition) is 2. The van der Waals surface area contributed by atoms with Crippen molar-refractivity contribution in [2.75, 3.05) is 30.9 Å². The second kappa shape index (κ2) is 9.05. The maximum atomic E-state index is 13.3. The Morgan fingerprint density at radius 3 is 2.55 bits per heavy atom. The number of carbonyl (C=O) groups excluding carboxylic acids is 1. The van der Waals surface area contributed by atoms with Crippen molar-refractivity contribution in [3.63, 3.8) is 0 Å². The van der Waals surface area contributed by atoms with E-state index in [0.29, 0.717) is 28.9 Å². The van der Waals surface area contributed by atoms with Crippen LogP contribution in [0.3, 0.4) is 0 Å². The fourth-order valence-corrected chi connectivity index (χ4v) is 3.65. The van der Waals surface area contributed by atoms with Crippen LogP contribution < -0.4 is 20.3 Å². The Morgan fingerprint density at radius 2 is 1.90 bits per heavy atom. The molecule has 29 heavy (non-hydrogen) atoms. The van der Waals surface area contributed by atoms with Crippen molar-refractivity contribution in [1.82, 2.24) is 5.32 Å². The molecule has 0 saturated carbocycles. The van der Waals surface area contributed by atoms with Crippen LogP contribution in [0.1, 0.15) is 25.5 Å². The molecular weight excluding hydrogens is 384 g/mol. The molecule has 1 aliphatic heterocycles. The van der Waals surface area contributed by atoms with E-state index in [1.807, 2.05) is 81.4 Å². The molecule has 2 unspecified atom stereocenters. The van der Waals surface area contributed by atoms with Gasteiger partial charge in [-0.3, -0.25) is 4.79 Å². The fourth-order valence-electron chi connectivity index (χ4n) is 3.38. The Bertz CT molecular complexity index is 925. The summed E-state index contributed by atoms with van der Waals surface area (Å²) in [5, 5.41) is 6.60. The number of ether oxygens (including phenoxy) is 1. The summed E-state index contributed by atoms with van der Waals surface area (Å²) in [5.41, 5.74) is 3.39. The van der Waals surface area contributed by atoms with Crippen LogP contribution in [0.5, 0.6) is 5.75 Å². The molecule has 0 bridgehead atoms. The number of aliphatic imine (C=N–C) groups is 1. The first kappa shape index (κ1) is 20.8. The van der Waals surface area contributed by atoms with Crippen LogP contribution in [-0.4, -0.2) is 37.4 Å². The van der Waals surface area contributed by atoms with Crippen molar-refractivity contribution in [3.8, 4) is 5.75 Å². The van der Waals surface area contributed by atoms with Crippen molar-refractivity contribution in [3.05, 3.63) is 54.1 Å². The van der Waals surface area contributed by atoms with Crippen LogP contribution >= 0.6 is 12.2 Å². The Morgan fingerprint density at radius 1 is 1.21 bits per heavy atom. The molecule has 0 aromatic heterocycles. The SMILES string of the molecule is CCOc1ccccc1NC(=O)C1C(C)=NC(=S)NC1c1ccc(N(C)C)cc1. The standard InChI is InChI=1S/C22H26N4O2S/c1-5-28-18-9-7-6-8-17(18)24-21(27)19-14(2)23-22(29)25-20(19)15-10-12-16(13-11-15)26(3)4/h6-13,19-20H,5H2,1-4H3,(H,24,27)(H,25,29). The zero-order chi connectivity index (χ0) is 21.0. The summed E-state index contributed by atoms with van der Waals surface area (Å²) in [6, 6.07) is 15.2. The highest BCUT2D eigenvalue weighted by molar-refractivity contribution is 7.80. The Kier molecular flexibility index (Phi) is 6.49. The molecule has 7 heteroatoms. The van der Waals surface area contributed by atoms with E-state index in [-0.39, 0.29) is 11.9 Å². The lowest BCUT2D eigenvalue weighted by atomic mass is 9.87. The van der Waals surface area contributed by atoms with Crippen molar-refractivity contribution in [2.24, 2.45) is 10.9 Å². The predicted octanol–water partition coefficient (Wildman–Crippen LogP) is 3.80. The molecule has 0 aliphatic carbocycles. The minimum Gasteiger partial charge on any atom is -0.492 e. The van der Waals surface area contributed by atoms with Gasteiger partial charge in [0.15, 0.2) is 5.11 Å². The number of carbonyl (C=O) groups is 1. The summed E-state index contributed by atoms with van der Waals surface area (Å²) in [4.78, 5) is 19.6. The first-order chi connectivity index (χ1) is 13.9. The molecule has 0 fully saturated rings. The first-order valence-corrected chi connectivity index (χ1v) is 9.97. The number of rotatable bonds is 6. The summed E-state index contributed by atoms with van der Waals surface area (Å²) in [6.45, 7) is 4.27. The predicted molar refractivity (Wildman–Crippen MR) is 122 cm³/mol. The van der Waals surface area contributed by atoms with Gasteiger partial charge >= 0.3 is 0 Å². The van der Waals surface area contributed by atoms with E-state index in [2.05, 4.69) is 15.6 Å². The van der Waals surface area contributed by atoms with E-state index >= 15 is 0 Å². The molecule has 2 aromatic carbocycles. The van der Waals surface area contributed by atoms with E-state index < -0.39 is 5.92 Å². The summed E-state index contributed by atoms with van der Waals surface area (Å²) in [5.74, 6) is -0.0132. The van der Waals surface area contributed by atoms with Crippen LogP contribution in [0.2, 0.25) is 0 Å². The molecule has 2 atom stereocenters. The van der Waals surface area contributed by atoms with E-state index in [0.717, 1.165) is 11.3 Å². The van der Waals surface area contributed by atoms with Crippen LogP contribution in [0.4, 0.5) is 11.4 Å². The fraction of sp³-hybridized carbons (Fsp3) is 0.318. The van der Waals surface area contributed by atoms with Gasteiger partial charge in [-0.2, -0.15) is 0 Å². The van der Waals surface area contributed by atoms with Gasteiger partial charge < -0.3 is 20.3 Å². The zero-order valence-electron chi connectivity index (χ0n) is 17.1. The van der Waals surface area contributed by atoms with Crippen LogP contribution in [-0.2, 0) is 4.79 Å². The van der Waals surface area contributed by atoms with Crippen LogP contribution in [0.25, 0.3) is 0 Å². The third-order valence-electron chi connectivity index (χ3n) is 4.84. The van der Waals surface area contributed by atoms with Crippen molar-refractivity contribution < 1.29 is 9.53 Å². The van der Waals surface area contributed by atoms with Gasteiger partial charge in [0, 0.05) is 25.5 Å². The summed E-state index contributed by atoms with van der Waals surface area (Å²) >= 11 is 5.29. The topological polar surface area (TPSA) is 66.0 Å². The molecule has 0 radical (unpaired) electrons. The van der Waals surface area contributed by atoms with Crippen LogP contribution in [0.15, 0.2) is 53.5 Å². The summed E-state index contributed by atoms with van der Waals surface area (Å²) < 4.78 is 5.63. The molecule has 3 rings (SSSR count). The number of amides is 1. The van der Waals surface area contributed by atoms with Gasteiger partial charge in [0.2, 0.25) is 5.91 Å². The maximum Gasteiger partial charge on any atom is 0.235 e. The minimum absolute atomic E-state index is 0.157. The molecule has 1 heterocycles. The van der Waals surface area contributed by atoms with Crippen molar-refractivity contribution in [2.45, 2.75) is 19.9 Å². The van der Waals surface area contributed by atoms with Gasteiger partial charge in [-0.1, -0.05) is 24.3 Å². The highest BCUT2D eigenvalue weighted by Gasteiger charge is 2.36. The van der Waals surface area contributed by atoms with Crippen molar-refractivity contribution >= 4 is 40.3 Å². The summed E-state index contributed by atoms with van der Waals surface area (Å²) in [7, 11) is 3.98. The van der Waals surface area contributed by atoms with Gasteiger partial charge in [0.05, 0.1) is 18.3 Å². The summed E-state index contributed by atoms with van der Waals surface area (Å²) in [6.07, 6.45) is 0. The first-order valence-electron chi connectivity index (χ1n) is 9.56. The number of anilines is 2. The molecule has 2 aromatic rings.